The van der Waals surface area contributed by atoms with E-state index in [0.717, 1.165) is 55.5 Å². The first kappa shape index (κ1) is 22.1. The molecule has 0 spiro atoms. The topological polar surface area (TPSA) is 56.4 Å². The highest BCUT2D eigenvalue weighted by Gasteiger charge is 2.24. The fourth-order valence-corrected chi connectivity index (χ4v) is 3.80. The molecule has 3 N–H and O–H groups in total. The number of nitrogens with one attached hydrogen (secondary N) is 3. The van der Waals surface area contributed by atoms with Gasteiger partial charge in [0.1, 0.15) is 50.8 Å². The van der Waals surface area contributed by atoms with Gasteiger partial charge in [-0.3, -0.25) is 4.79 Å². The molecule has 0 aliphatic carbocycles. The summed E-state index contributed by atoms with van der Waals surface area (Å²) in [6.45, 7) is 13.1. The van der Waals surface area contributed by atoms with Gasteiger partial charge in [0.05, 0.1) is 6.61 Å². The van der Waals surface area contributed by atoms with Crippen molar-refractivity contribution < 1.29 is 24.1 Å². The molecule has 0 saturated carbocycles. The third-order valence-corrected chi connectivity index (χ3v) is 5.81. The van der Waals surface area contributed by atoms with Crippen LogP contribution in [0.25, 0.3) is 0 Å². The Morgan fingerprint density at radius 2 is 1.57 bits per heavy atom. The first-order valence-corrected chi connectivity index (χ1v) is 10.9. The molecule has 6 heteroatoms. The molecule has 1 aliphatic rings. The van der Waals surface area contributed by atoms with Gasteiger partial charge < -0.3 is 24.6 Å². The van der Waals surface area contributed by atoms with Gasteiger partial charge in [-0.15, -0.1) is 0 Å². The molecule has 1 amide bonds. The van der Waals surface area contributed by atoms with Crippen LogP contribution in [0.2, 0.25) is 0 Å². The number of piperazine rings is 1. The van der Waals surface area contributed by atoms with Crippen LogP contribution in [-0.2, 0) is 4.79 Å². The zero-order valence-electron chi connectivity index (χ0n) is 18.4. The highest BCUT2D eigenvalue weighted by Crippen LogP contribution is 2.18. The number of aryl methyl sites for hydroxylation is 1. The molecule has 2 aromatic carbocycles. The van der Waals surface area contributed by atoms with Crippen molar-refractivity contribution in [2.75, 3.05) is 57.8 Å². The Morgan fingerprint density at radius 1 is 0.933 bits per heavy atom. The molecule has 0 radical (unpaired) electrons. The van der Waals surface area contributed by atoms with E-state index < -0.39 is 0 Å². The lowest BCUT2D eigenvalue weighted by Crippen LogP contribution is -3.28. The van der Waals surface area contributed by atoms with Crippen molar-refractivity contribution in [3.63, 3.8) is 0 Å². The third kappa shape index (κ3) is 6.47. The van der Waals surface area contributed by atoms with E-state index in [1.165, 1.54) is 10.5 Å². The summed E-state index contributed by atoms with van der Waals surface area (Å²) < 4.78 is 11.3. The first-order chi connectivity index (χ1) is 14.5. The van der Waals surface area contributed by atoms with E-state index in [-0.39, 0.29) is 5.91 Å². The van der Waals surface area contributed by atoms with Gasteiger partial charge in [-0.05, 0) is 62.2 Å². The lowest BCUT2D eigenvalue weighted by molar-refractivity contribution is -1.01. The lowest BCUT2D eigenvalue weighted by Gasteiger charge is -2.29. The van der Waals surface area contributed by atoms with Crippen molar-refractivity contribution in [3.05, 3.63) is 53.6 Å². The van der Waals surface area contributed by atoms with Crippen molar-refractivity contribution in [1.82, 2.24) is 0 Å². The number of benzene rings is 2. The summed E-state index contributed by atoms with van der Waals surface area (Å²) in [6.07, 6.45) is 0. The molecule has 162 valence electrons. The maximum atomic E-state index is 12.5. The van der Waals surface area contributed by atoms with Crippen molar-refractivity contribution in [3.8, 4) is 11.5 Å². The van der Waals surface area contributed by atoms with Crippen LogP contribution in [0.15, 0.2) is 42.5 Å². The first-order valence-electron chi connectivity index (χ1n) is 10.9. The predicted molar refractivity (Wildman–Crippen MR) is 119 cm³/mol. The Kier molecular flexibility index (Phi) is 8.11. The molecule has 0 aromatic heterocycles. The number of hydrogen-bond donors (Lipinski definition) is 3. The van der Waals surface area contributed by atoms with Gasteiger partial charge in [-0.1, -0.05) is 12.1 Å². The molecule has 1 saturated heterocycles. The predicted octanol–water partition coefficient (Wildman–Crippen LogP) is 0.503. The van der Waals surface area contributed by atoms with Crippen LogP contribution in [0.4, 0.5) is 5.69 Å². The zero-order valence-corrected chi connectivity index (χ0v) is 18.4. The molecule has 1 aliphatic heterocycles. The van der Waals surface area contributed by atoms with E-state index in [9.17, 15) is 4.79 Å². The van der Waals surface area contributed by atoms with Crippen LogP contribution in [0, 0.1) is 13.8 Å². The average Bonchev–Trinajstić information content (AvgIpc) is 2.74. The van der Waals surface area contributed by atoms with Crippen LogP contribution in [-0.4, -0.2) is 58.4 Å². The summed E-state index contributed by atoms with van der Waals surface area (Å²) in [5.41, 5.74) is 3.27. The fourth-order valence-electron chi connectivity index (χ4n) is 3.80. The molecule has 3 rings (SSSR count). The smallest absolute Gasteiger partial charge is 0.279 e. The van der Waals surface area contributed by atoms with Gasteiger partial charge in [0.2, 0.25) is 0 Å². The number of carbonyl (C=O) groups is 1. The number of ether oxygens (including phenoxy) is 2. The summed E-state index contributed by atoms with van der Waals surface area (Å²) >= 11 is 0. The lowest BCUT2D eigenvalue weighted by atomic mass is 10.1. The minimum Gasteiger partial charge on any atom is -0.494 e. The van der Waals surface area contributed by atoms with Gasteiger partial charge in [-0.2, -0.15) is 0 Å². The second-order valence-electron chi connectivity index (χ2n) is 7.98. The van der Waals surface area contributed by atoms with E-state index in [1.807, 2.05) is 43.3 Å². The minimum atomic E-state index is 0.0981. The highest BCUT2D eigenvalue weighted by molar-refractivity contribution is 5.92. The van der Waals surface area contributed by atoms with E-state index in [4.69, 9.17) is 9.47 Å². The SMILES string of the molecule is CCOc1ccc(OCC[NH+]2CC[NH+](CC(=O)Nc3cccc(C)c3C)CC2)cc1. The summed E-state index contributed by atoms with van der Waals surface area (Å²) in [5.74, 6) is 1.85. The summed E-state index contributed by atoms with van der Waals surface area (Å²) in [5, 5.41) is 3.08. The number of carbonyl (C=O) groups excluding carboxylic acids is 1. The average molecular weight is 414 g/mol. The normalized spacial score (nSPS) is 18.6. The monoisotopic (exact) mass is 413 g/mol. The fraction of sp³-hybridized carbons (Fsp3) is 0.458. The van der Waals surface area contributed by atoms with Gasteiger partial charge >= 0.3 is 0 Å². The molecule has 1 heterocycles. The Labute approximate surface area is 179 Å². The molecule has 0 atom stereocenters. The Bertz CT molecular complexity index is 815. The second-order valence-corrected chi connectivity index (χ2v) is 7.98. The number of hydrogen-bond acceptors (Lipinski definition) is 3. The summed E-state index contributed by atoms with van der Waals surface area (Å²) in [6, 6.07) is 13.8. The van der Waals surface area contributed by atoms with Crippen LogP contribution in [0.5, 0.6) is 11.5 Å². The molecular weight excluding hydrogens is 378 g/mol. The largest absolute Gasteiger partial charge is 0.494 e. The van der Waals surface area contributed by atoms with Crippen molar-refractivity contribution in [2.45, 2.75) is 20.8 Å². The zero-order chi connectivity index (χ0) is 21.3. The maximum Gasteiger partial charge on any atom is 0.279 e. The number of quaternary nitrogens is 2. The van der Waals surface area contributed by atoms with E-state index in [0.29, 0.717) is 19.8 Å². The van der Waals surface area contributed by atoms with Gasteiger partial charge in [0, 0.05) is 5.69 Å². The molecule has 0 unspecified atom stereocenters. The molecule has 1 fully saturated rings. The molecule has 0 bridgehead atoms. The Morgan fingerprint density at radius 3 is 2.23 bits per heavy atom. The van der Waals surface area contributed by atoms with Crippen molar-refractivity contribution >= 4 is 11.6 Å². The summed E-state index contributed by atoms with van der Waals surface area (Å²) in [4.78, 5) is 15.3. The van der Waals surface area contributed by atoms with E-state index in [2.05, 4.69) is 25.2 Å². The van der Waals surface area contributed by atoms with Crippen LogP contribution >= 0.6 is 0 Å². The second kappa shape index (κ2) is 11.0. The van der Waals surface area contributed by atoms with Gasteiger partial charge in [0.15, 0.2) is 6.54 Å². The Hall–Kier alpha value is -2.57. The van der Waals surface area contributed by atoms with Crippen LogP contribution in [0.3, 0.4) is 0 Å². The van der Waals surface area contributed by atoms with E-state index in [1.54, 1.807) is 4.90 Å². The van der Waals surface area contributed by atoms with Gasteiger partial charge in [-0.25, -0.2) is 0 Å². The quantitative estimate of drug-likeness (QED) is 0.561. The van der Waals surface area contributed by atoms with Crippen LogP contribution in [0.1, 0.15) is 18.1 Å². The summed E-state index contributed by atoms with van der Waals surface area (Å²) in [7, 11) is 0. The minimum absolute atomic E-state index is 0.0981. The van der Waals surface area contributed by atoms with Crippen molar-refractivity contribution in [2.24, 2.45) is 0 Å². The number of anilines is 1. The van der Waals surface area contributed by atoms with Gasteiger partial charge in [0.25, 0.3) is 5.91 Å². The molecule has 2 aromatic rings. The highest BCUT2D eigenvalue weighted by atomic mass is 16.5. The molecular formula is C24H35N3O3+2. The Balaban J connectivity index is 1.34. The molecule has 6 nitrogen and oxygen atoms in total. The third-order valence-electron chi connectivity index (χ3n) is 5.81. The molecule has 30 heavy (non-hydrogen) atoms. The van der Waals surface area contributed by atoms with Crippen LogP contribution < -0.4 is 24.6 Å². The number of amides is 1. The number of rotatable bonds is 9. The standard InChI is InChI=1S/C24H33N3O3/c1-4-29-21-8-10-22(11-9-21)30-17-16-26-12-14-27(15-13-26)18-24(28)25-23-7-5-6-19(2)20(23)3/h5-11H,4,12-18H2,1-3H3,(H,25,28)/p+2. The van der Waals surface area contributed by atoms with Crippen molar-refractivity contribution in [1.29, 1.82) is 0 Å². The maximum absolute atomic E-state index is 12.5. The van der Waals surface area contributed by atoms with E-state index >= 15 is 0 Å².